The maximum absolute atomic E-state index is 14.2. The first-order valence-electron chi connectivity index (χ1n) is 7.13. The van der Waals surface area contributed by atoms with Crippen LogP contribution < -0.4 is 10.2 Å². The van der Waals surface area contributed by atoms with Gasteiger partial charge in [0.05, 0.1) is 5.69 Å². The molecule has 0 amide bonds. The van der Waals surface area contributed by atoms with E-state index in [0.717, 1.165) is 56.9 Å². The summed E-state index contributed by atoms with van der Waals surface area (Å²) in [7, 11) is 2.11. The van der Waals surface area contributed by atoms with Gasteiger partial charge in [0.2, 0.25) is 0 Å². The Balaban J connectivity index is 1.98. The van der Waals surface area contributed by atoms with Crippen molar-refractivity contribution in [2.24, 2.45) is 0 Å². The van der Waals surface area contributed by atoms with Gasteiger partial charge in [0.15, 0.2) is 0 Å². The van der Waals surface area contributed by atoms with Gasteiger partial charge in [-0.05, 0) is 37.7 Å². The molecule has 3 nitrogen and oxygen atoms in total. The van der Waals surface area contributed by atoms with Crippen LogP contribution in [0.25, 0.3) is 0 Å². The summed E-state index contributed by atoms with van der Waals surface area (Å²) < 4.78 is 14.2. The lowest BCUT2D eigenvalue weighted by atomic mass is 10.1. The van der Waals surface area contributed by atoms with Crippen molar-refractivity contribution in [2.45, 2.75) is 19.9 Å². The van der Waals surface area contributed by atoms with Crippen molar-refractivity contribution in [3.63, 3.8) is 0 Å². The van der Waals surface area contributed by atoms with E-state index in [0.29, 0.717) is 0 Å². The highest BCUT2D eigenvalue weighted by molar-refractivity contribution is 5.49. The Labute approximate surface area is 115 Å². The van der Waals surface area contributed by atoms with Gasteiger partial charge in [0.25, 0.3) is 0 Å². The fourth-order valence-corrected chi connectivity index (χ4v) is 2.37. The summed E-state index contributed by atoms with van der Waals surface area (Å²) in [6.07, 6.45) is 1.10. The second-order valence-corrected chi connectivity index (χ2v) is 5.25. The van der Waals surface area contributed by atoms with Crippen LogP contribution >= 0.6 is 0 Å². The van der Waals surface area contributed by atoms with Crippen molar-refractivity contribution in [1.29, 1.82) is 0 Å². The molecule has 1 aromatic rings. The summed E-state index contributed by atoms with van der Waals surface area (Å²) in [5.41, 5.74) is 1.76. The maximum Gasteiger partial charge on any atom is 0.146 e. The zero-order valence-electron chi connectivity index (χ0n) is 12.0. The van der Waals surface area contributed by atoms with Gasteiger partial charge in [0, 0.05) is 32.7 Å². The summed E-state index contributed by atoms with van der Waals surface area (Å²) >= 11 is 0. The summed E-state index contributed by atoms with van der Waals surface area (Å²) in [4.78, 5) is 4.41. The van der Waals surface area contributed by atoms with Crippen LogP contribution in [0.15, 0.2) is 18.2 Å². The average molecular weight is 265 g/mol. The molecule has 0 unspecified atom stereocenters. The minimum absolute atomic E-state index is 0.0969. The van der Waals surface area contributed by atoms with Crippen LogP contribution in [0.2, 0.25) is 0 Å². The van der Waals surface area contributed by atoms with Gasteiger partial charge in [-0.15, -0.1) is 0 Å². The molecule has 0 saturated carbocycles. The molecule has 19 heavy (non-hydrogen) atoms. The molecule has 0 aliphatic carbocycles. The first-order valence-corrected chi connectivity index (χ1v) is 7.13. The summed E-state index contributed by atoms with van der Waals surface area (Å²) in [6.45, 7) is 7.65. The predicted molar refractivity (Wildman–Crippen MR) is 78.1 cm³/mol. The number of likely N-dealkylation sites (N-methyl/N-ethyl adjacent to an activating group) is 1. The van der Waals surface area contributed by atoms with E-state index in [9.17, 15) is 4.39 Å². The lowest BCUT2D eigenvalue weighted by Crippen LogP contribution is -2.44. The van der Waals surface area contributed by atoms with Crippen LogP contribution in [-0.4, -0.2) is 44.7 Å². The fraction of sp³-hybridized carbons (Fsp3) is 0.600. The Kier molecular flexibility index (Phi) is 5.16. The molecule has 1 aliphatic heterocycles. The SMILES string of the molecule is CCCNCc1ccc(N2CCN(C)CC2)c(F)c1. The van der Waals surface area contributed by atoms with E-state index in [-0.39, 0.29) is 5.82 Å². The van der Waals surface area contributed by atoms with E-state index in [4.69, 9.17) is 0 Å². The third-order valence-electron chi connectivity index (χ3n) is 3.61. The molecule has 106 valence electrons. The molecule has 0 radical (unpaired) electrons. The number of benzene rings is 1. The van der Waals surface area contributed by atoms with E-state index in [1.807, 2.05) is 12.1 Å². The minimum Gasteiger partial charge on any atom is -0.367 e. The van der Waals surface area contributed by atoms with Gasteiger partial charge >= 0.3 is 0 Å². The molecule has 1 fully saturated rings. The van der Waals surface area contributed by atoms with Crippen molar-refractivity contribution in [3.8, 4) is 0 Å². The van der Waals surface area contributed by atoms with Gasteiger partial charge in [-0.25, -0.2) is 4.39 Å². The average Bonchev–Trinajstić information content (AvgIpc) is 2.41. The molecule has 1 aromatic carbocycles. The van der Waals surface area contributed by atoms with E-state index in [2.05, 4.69) is 29.1 Å². The molecule has 2 rings (SSSR count). The number of nitrogens with one attached hydrogen (secondary N) is 1. The van der Waals surface area contributed by atoms with Crippen LogP contribution in [-0.2, 0) is 6.54 Å². The van der Waals surface area contributed by atoms with Crippen LogP contribution in [0.5, 0.6) is 0 Å². The summed E-state index contributed by atoms with van der Waals surface area (Å²) in [5.74, 6) is -0.0969. The largest absolute Gasteiger partial charge is 0.367 e. The standard InChI is InChI=1S/C15H24FN3/c1-3-6-17-12-13-4-5-15(14(16)11-13)19-9-7-18(2)8-10-19/h4-5,11,17H,3,6-10,12H2,1-2H3. The Morgan fingerprint density at radius 1 is 1.21 bits per heavy atom. The number of halogens is 1. The lowest BCUT2D eigenvalue weighted by molar-refractivity contribution is 0.311. The highest BCUT2D eigenvalue weighted by atomic mass is 19.1. The van der Waals surface area contributed by atoms with E-state index < -0.39 is 0 Å². The van der Waals surface area contributed by atoms with Crippen molar-refractivity contribution >= 4 is 5.69 Å². The van der Waals surface area contributed by atoms with E-state index >= 15 is 0 Å². The zero-order valence-corrected chi connectivity index (χ0v) is 12.0. The molecular weight excluding hydrogens is 241 g/mol. The van der Waals surface area contributed by atoms with Crippen LogP contribution in [0.4, 0.5) is 10.1 Å². The molecule has 1 aliphatic rings. The second kappa shape index (κ2) is 6.87. The van der Waals surface area contributed by atoms with Gasteiger partial charge in [-0.1, -0.05) is 13.0 Å². The molecule has 4 heteroatoms. The quantitative estimate of drug-likeness (QED) is 0.822. The van der Waals surface area contributed by atoms with Gasteiger partial charge in [-0.2, -0.15) is 0 Å². The zero-order chi connectivity index (χ0) is 13.7. The monoisotopic (exact) mass is 265 g/mol. The maximum atomic E-state index is 14.2. The lowest BCUT2D eigenvalue weighted by Gasteiger charge is -2.34. The Bertz CT molecular complexity index is 400. The smallest absolute Gasteiger partial charge is 0.146 e. The third kappa shape index (κ3) is 3.91. The molecular formula is C15H24FN3. The van der Waals surface area contributed by atoms with E-state index in [1.54, 1.807) is 6.07 Å². The molecule has 0 spiro atoms. The van der Waals surface area contributed by atoms with Gasteiger partial charge in [-0.3, -0.25) is 0 Å². The second-order valence-electron chi connectivity index (χ2n) is 5.25. The van der Waals surface area contributed by atoms with Crippen molar-refractivity contribution < 1.29 is 4.39 Å². The first-order chi connectivity index (χ1) is 9.20. The van der Waals surface area contributed by atoms with E-state index in [1.165, 1.54) is 0 Å². The predicted octanol–water partition coefficient (Wildman–Crippen LogP) is 2.08. The topological polar surface area (TPSA) is 18.5 Å². The van der Waals surface area contributed by atoms with Crippen molar-refractivity contribution in [3.05, 3.63) is 29.6 Å². The number of nitrogens with zero attached hydrogens (tertiary/aromatic N) is 2. The van der Waals surface area contributed by atoms with Crippen LogP contribution in [0, 0.1) is 5.82 Å². The number of piperazine rings is 1. The fourth-order valence-electron chi connectivity index (χ4n) is 2.37. The molecule has 1 saturated heterocycles. The number of anilines is 1. The molecule has 1 N–H and O–H groups in total. The summed E-state index contributed by atoms with van der Waals surface area (Å²) in [6, 6.07) is 5.61. The van der Waals surface area contributed by atoms with Gasteiger partial charge in [0.1, 0.15) is 5.82 Å². The Morgan fingerprint density at radius 2 is 1.95 bits per heavy atom. The Morgan fingerprint density at radius 3 is 2.58 bits per heavy atom. The molecule has 0 aromatic heterocycles. The molecule has 0 atom stereocenters. The van der Waals surface area contributed by atoms with Crippen LogP contribution in [0.3, 0.4) is 0 Å². The van der Waals surface area contributed by atoms with Crippen LogP contribution in [0.1, 0.15) is 18.9 Å². The highest BCUT2D eigenvalue weighted by Crippen LogP contribution is 2.21. The number of hydrogen-bond donors (Lipinski definition) is 1. The number of rotatable bonds is 5. The Hall–Kier alpha value is -1.13. The normalized spacial score (nSPS) is 16.9. The number of hydrogen-bond acceptors (Lipinski definition) is 3. The van der Waals surface area contributed by atoms with Crippen molar-refractivity contribution in [2.75, 3.05) is 44.7 Å². The third-order valence-corrected chi connectivity index (χ3v) is 3.61. The highest BCUT2D eigenvalue weighted by Gasteiger charge is 2.17. The molecule has 1 heterocycles. The first kappa shape index (κ1) is 14.3. The molecule has 0 bridgehead atoms. The van der Waals surface area contributed by atoms with Gasteiger partial charge < -0.3 is 15.1 Å². The minimum atomic E-state index is -0.0969. The van der Waals surface area contributed by atoms with Crippen molar-refractivity contribution in [1.82, 2.24) is 10.2 Å². The summed E-state index contributed by atoms with van der Waals surface area (Å²) in [5, 5.41) is 3.30.